The molecule has 2 heterocycles. The fourth-order valence-corrected chi connectivity index (χ4v) is 6.05. The first kappa shape index (κ1) is 38.4. The van der Waals surface area contributed by atoms with Gasteiger partial charge in [0.15, 0.2) is 0 Å². The molecule has 1 fully saturated rings. The van der Waals surface area contributed by atoms with Crippen LogP contribution in [0.4, 0.5) is 4.79 Å². The molecule has 0 saturated carbocycles. The number of fused-ring (bicyclic) bond motifs is 1. The first-order valence-corrected chi connectivity index (χ1v) is 17.4. The van der Waals surface area contributed by atoms with E-state index in [0.29, 0.717) is 21.8 Å². The molecule has 1 saturated heterocycles. The molecule has 2 unspecified atom stereocenters. The second kappa shape index (κ2) is 15.4. The number of nitrogens with one attached hydrogen (secondary N) is 2. The number of carbonyl (C=O) groups excluding carboxylic acids is 7. The Morgan fingerprint density at radius 2 is 1.57 bits per heavy atom. The van der Waals surface area contributed by atoms with Gasteiger partial charge in [-0.15, -0.1) is 5.06 Å². The topological polar surface area (TPSA) is 168 Å². The summed E-state index contributed by atoms with van der Waals surface area (Å²) in [5.41, 5.74) is 1.62. The second-order valence-electron chi connectivity index (χ2n) is 14.7. The summed E-state index contributed by atoms with van der Waals surface area (Å²) < 4.78 is 5.28. The molecule has 2 aliphatic rings. The first-order chi connectivity index (χ1) is 25.0. The van der Waals surface area contributed by atoms with Crippen molar-refractivity contribution < 1.29 is 43.1 Å². The number of ketones is 1. The Kier molecular flexibility index (Phi) is 11.2. The van der Waals surface area contributed by atoms with Crippen molar-refractivity contribution in [1.82, 2.24) is 20.6 Å². The number of carbonyl (C=O) groups is 7. The average Bonchev–Trinajstić information content (AvgIpc) is 3.47. The lowest BCUT2D eigenvalue weighted by atomic mass is 9.86. The van der Waals surface area contributed by atoms with Gasteiger partial charge in [0.05, 0.1) is 0 Å². The fourth-order valence-electron chi connectivity index (χ4n) is 6.05. The maximum atomic E-state index is 13.7. The minimum atomic E-state index is -1.70. The number of piperidine rings is 1. The van der Waals surface area contributed by atoms with E-state index in [4.69, 9.17) is 9.57 Å². The van der Waals surface area contributed by atoms with Crippen molar-refractivity contribution >= 4 is 41.5 Å². The Hall–Kier alpha value is -5.85. The lowest BCUT2D eigenvalue weighted by molar-refractivity contribution is -0.213. The van der Waals surface area contributed by atoms with Crippen LogP contribution in [0.3, 0.4) is 0 Å². The Morgan fingerprint density at radius 3 is 2.21 bits per heavy atom. The normalized spacial score (nSPS) is 16.9. The number of ether oxygens (including phenoxy) is 1. The average molecular weight is 725 g/mol. The monoisotopic (exact) mass is 724 g/mol. The summed E-state index contributed by atoms with van der Waals surface area (Å²) in [6, 6.07) is 19.6. The van der Waals surface area contributed by atoms with Gasteiger partial charge in [-0.1, -0.05) is 101 Å². The molecule has 3 aromatic carbocycles. The fraction of sp³-hybridized carbons (Fsp3) is 0.375. The van der Waals surface area contributed by atoms with Crippen molar-refractivity contribution in [2.45, 2.75) is 91.1 Å². The standard InChI is InChI=1S/C40H44N4O9/c1-24(2)40(6,42-38(51)52-23-25-11-8-7-9-12-25)37(50)53-44-32(45)20-19-31(36(44)49)43-22-30-27(13-10-14-29(30)35(43)48)21-41-34(47)33(46)26-15-17-28(18-16-26)39(3,4)5/h7-18,24,31H,19-23H2,1-6H3,(H,41,47)(H,42,51). The van der Waals surface area contributed by atoms with Gasteiger partial charge in [-0.25, -0.2) is 9.59 Å². The highest BCUT2D eigenvalue weighted by atomic mass is 16.7. The van der Waals surface area contributed by atoms with E-state index in [0.717, 1.165) is 11.1 Å². The van der Waals surface area contributed by atoms with Gasteiger partial charge in [-0.3, -0.25) is 24.0 Å². The van der Waals surface area contributed by atoms with Crippen LogP contribution in [0.15, 0.2) is 72.8 Å². The molecule has 13 heteroatoms. The first-order valence-electron chi connectivity index (χ1n) is 17.4. The molecule has 278 valence electrons. The third kappa shape index (κ3) is 8.29. The summed E-state index contributed by atoms with van der Waals surface area (Å²) in [6.45, 7) is 10.7. The number of imide groups is 1. The van der Waals surface area contributed by atoms with Crippen LogP contribution in [0.2, 0.25) is 0 Å². The van der Waals surface area contributed by atoms with Crippen molar-refractivity contribution in [2.24, 2.45) is 5.92 Å². The van der Waals surface area contributed by atoms with E-state index >= 15 is 0 Å². The quantitative estimate of drug-likeness (QED) is 0.161. The largest absolute Gasteiger partial charge is 0.445 e. The molecule has 3 aromatic rings. The molecule has 0 bridgehead atoms. The summed E-state index contributed by atoms with van der Waals surface area (Å²) in [5, 5.41) is 5.53. The van der Waals surface area contributed by atoms with E-state index in [9.17, 15) is 33.6 Å². The molecule has 5 amide bonds. The van der Waals surface area contributed by atoms with E-state index < -0.39 is 59.0 Å². The lowest BCUT2D eigenvalue weighted by Gasteiger charge is -2.37. The molecule has 13 nitrogen and oxygen atoms in total. The van der Waals surface area contributed by atoms with E-state index in [2.05, 4.69) is 10.6 Å². The van der Waals surface area contributed by atoms with Crippen molar-refractivity contribution in [1.29, 1.82) is 0 Å². The number of hydrogen-bond acceptors (Lipinski definition) is 9. The highest BCUT2D eigenvalue weighted by Crippen LogP contribution is 2.32. The predicted molar refractivity (Wildman–Crippen MR) is 192 cm³/mol. The lowest BCUT2D eigenvalue weighted by Crippen LogP contribution is -2.61. The van der Waals surface area contributed by atoms with Crippen LogP contribution in [0.5, 0.6) is 0 Å². The molecule has 0 radical (unpaired) electrons. The van der Waals surface area contributed by atoms with E-state index in [1.165, 1.54) is 11.8 Å². The van der Waals surface area contributed by atoms with E-state index in [-0.39, 0.29) is 43.5 Å². The van der Waals surface area contributed by atoms with Gasteiger partial charge in [0.25, 0.3) is 23.6 Å². The molecule has 2 aliphatic heterocycles. The second-order valence-corrected chi connectivity index (χ2v) is 14.7. The van der Waals surface area contributed by atoms with Gasteiger partial charge in [0.1, 0.15) is 18.2 Å². The zero-order valence-electron chi connectivity index (χ0n) is 30.7. The van der Waals surface area contributed by atoms with E-state index in [1.807, 2.05) is 39.0 Å². The number of rotatable bonds is 11. The highest BCUT2D eigenvalue weighted by molar-refractivity contribution is 6.42. The Labute approximate surface area is 307 Å². The summed E-state index contributed by atoms with van der Waals surface area (Å²) in [4.78, 5) is 99.0. The van der Waals surface area contributed by atoms with Crippen LogP contribution in [-0.2, 0) is 53.9 Å². The third-order valence-corrected chi connectivity index (χ3v) is 9.80. The number of hydrogen-bond donors (Lipinski definition) is 2. The minimum Gasteiger partial charge on any atom is -0.445 e. The molecule has 2 N–H and O–H groups in total. The minimum absolute atomic E-state index is 0.00840. The van der Waals surface area contributed by atoms with Crippen LogP contribution in [-0.4, -0.2) is 63.0 Å². The van der Waals surface area contributed by atoms with Crippen LogP contribution >= 0.6 is 0 Å². The van der Waals surface area contributed by atoms with Gasteiger partial charge in [-0.2, -0.15) is 0 Å². The SMILES string of the molecule is CC(C)C(C)(NC(=O)OCc1ccccc1)C(=O)ON1C(=O)CCC(N2Cc3c(CNC(=O)C(=O)c4ccc(C(C)(C)C)cc4)cccc3C2=O)C1=O. The van der Waals surface area contributed by atoms with Crippen LogP contribution < -0.4 is 10.6 Å². The maximum absolute atomic E-state index is 13.7. The maximum Gasteiger partial charge on any atom is 0.408 e. The van der Waals surface area contributed by atoms with Gasteiger partial charge in [0.2, 0.25) is 5.78 Å². The third-order valence-electron chi connectivity index (χ3n) is 9.80. The van der Waals surface area contributed by atoms with Gasteiger partial charge < -0.3 is 25.1 Å². The van der Waals surface area contributed by atoms with Crippen molar-refractivity contribution in [3.05, 3.63) is 106 Å². The van der Waals surface area contributed by atoms with Crippen molar-refractivity contribution in [3.8, 4) is 0 Å². The Morgan fingerprint density at radius 1 is 0.887 bits per heavy atom. The zero-order valence-corrected chi connectivity index (χ0v) is 30.7. The summed E-state index contributed by atoms with van der Waals surface area (Å²) in [5.74, 6) is -5.29. The predicted octanol–water partition coefficient (Wildman–Crippen LogP) is 4.76. The highest BCUT2D eigenvalue weighted by Gasteiger charge is 2.48. The Bertz CT molecular complexity index is 1940. The van der Waals surface area contributed by atoms with Crippen LogP contribution in [0, 0.1) is 5.92 Å². The number of alkyl carbamates (subject to hydrolysis) is 1. The molecule has 0 aliphatic carbocycles. The number of benzene rings is 3. The molecule has 2 atom stereocenters. The van der Waals surface area contributed by atoms with Crippen molar-refractivity contribution in [3.63, 3.8) is 0 Å². The summed E-state index contributed by atoms with van der Waals surface area (Å²) in [6.07, 6.45) is -1.11. The zero-order chi connectivity index (χ0) is 38.7. The Balaban J connectivity index is 1.24. The van der Waals surface area contributed by atoms with Crippen molar-refractivity contribution in [2.75, 3.05) is 0 Å². The van der Waals surface area contributed by atoms with Crippen LogP contribution in [0.1, 0.15) is 97.4 Å². The van der Waals surface area contributed by atoms with Gasteiger partial charge in [-0.05, 0) is 53.0 Å². The molecule has 5 rings (SSSR count). The van der Waals surface area contributed by atoms with E-state index in [1.54, 1.807) is 68.4 Å². The number of amides is 5. The molecule has 0 aromatic heterocycles. The molecule has 53 heavy (non-hydrogen) atoms. The molecular formula is C40H44N4O9. The number of Topliss-reactive ketones (excluding diaryl/α,β-unsaturated/α-hetero) is 1. The summed E-state index contributed by atoms with van der Waals surface area (Å²) in [7, 11) is 0. The molecule has 0 spiro atoms. The van der Waals surface area contributed by atoms with Crippen LogP contribution in [0.25, 0.3) is 0 Å². The number of nitrogens with zero attached hydrogens (tertiary/aromatic N) is 2. The smallest absolute Gasteiger partial charge is 0.408 e. The molecular weight excluding hydrogens is 680 g/mol. The van der Waals surface area contributed by atoms with Gasteiger partial charge >= 0.3 is 12.1 Å². The van der Waals surface area contributed by atoms with Gasteiger partial charge in [0, 0.05) is 30.6 Å². The number of hydroxylamine groups is 2. The summed E-state index contributed by atoms with van der Waals surface area (Å²) >= 11 is 0.